The third kappa shape index (κ3) is 2.57. The number of benzene rings is 1. The van der Waals surface area contributed by atoms with Crippen LogP contribution in [0.1, 0.15) is 29.1 Å². The predicted octanol–water partition coefficient (Wildman–Crippen LogP) is 3.52. The first-order chi connectivity index (χ1) is 9.04. The molecule has 0 bridgehead atoms. The second-order valence-electron chi connectivity index (χ2n) is 4.90. The maximum absolute atomic E-state index is 5.83. The fourth-order valence-electron chi connectivity index (χ4n) is 2.13. The standard InChI is InChI=1S/C14H16N4S.ClH/c1-8-4-5-11(9(2)6-8)12-7-18-14(16-12)19-13(17-18)10(3)15;/h4-7,10H,15H2,1-3H3;1H. The Hall–Kier alpha value is -1.43. The number of fused-ring (bicyclic) bond motifs is 1. The summed E-state index contributed by atoms with van der Waals surface area (Å²) in [5, 5.41) is 5.37. The van der Waals surface area contributed by atoms with Crippen molar-refractivity contribution in [2.75, 3.05) is 0 Å². The number of nitrogens with two attached hydrogens (primary N) is 1. The van der Waals surface area contributed by atoms with Gasteiger partial charge in [-0.2, -0.15) is 5.10 Å². The number of aromatic nitrogens is 3. The highest BCUT2D eigenvalue weighted by Gasteiger charge is 2.12. The van der Waals surface area contributed by atoms with Crippen LogP contribution in [0, 0.1) is 13.8 Å². The summed E-state index contributed by atoms with van der Waals surface area (Å²) >= 11 is 1.55. The quantitative estimate of drug-likeness (QED) is 0.788. The summed E-state index contributed by atoms with van der Waals surface area (Å²) in [7, 11) is 0. The van der Waals surface area contributed by atoms with Crippen molar-refractivity contribution in [1.29, 1.82) is 0 Å². The number of rotatable bonds is 2. The molecule has 0 saturated heterocycles. The fraction of sp³-hybridized carbons (Fsp3) is 0.286. The van der Waals surface area contributed by atoms with Crippen LogP contribution in [0.2, 0.25) is 0 Å². The average Bonchev–Trinajstić information content (AvgIpc) is 2.86. The molecule has 1 unspecified atom stereocenters. The van der Waals surface area contributed by atoms with Crippen LogP contribution in [0.25, 0.3) is 16.2 Å². The largest absolute Gasteiger partial charge is 0.322 e. The van der Waals surface area contributed by atoms with Gasteiger partial charge in [-0.1, -0.05) is 35.1 Å². The Bertz CT molecular complexity index is 713. The predicted molar refractivity (Wildman–Crippen MR) is 85.6 cm³/mol. The van der Waals surface area contributed by atoms with E-state index in [0.29, 0.717) is 0 Å². The van der Waals surface area contributed by atoms with Crippen LogP contribution in [0.4, 0.5) is 0 Å². The normalized spacial score (nSPS) is 12.4. The van der Waals surface area contributed by atoms with Crippen LogP contribution in [-0.4, -0.2) is 14.6 Å². The van der Waals surface area contributed by atoms with Crippen LogP contribution < -0.4 is 5.73 Å². The van der Waals surface area contributed by atoms with E-state index in [-0.39, 0.29) is 18.4 Å². The van der Waals surface area contributed by atoms with Gasteiger partial charge in [-0.25, -0.2) is 9.50 Å². The first kappa shape index (κ1) is 15.0. The summed E-state index contributed by atoms with van der Waals surface area (Å²) in [5.41, 5.74) is 10.5. The van der Waals surface area contributed by atoms with Crippen molar-refractivity contribution in [3.05, 3.63) is 40.5 Å². The van der Waals surface area contributed by atoms with Crippen molar-refractivity contribution >= 4 is 28.7 Å². The maximum Gasteiger partial charge on any atom is 0.212 e. The van der Waals surface area contributed by atoms with E-state index in [0.717, 1.165) is 21.2 Å². The molecule has 0 radical (unpaired) electrons. The number of halogens is 1. The molecule has 20 heavy (non-hydrogen) atoms. The molecule has 106 valence electrons. The lowest BCUT2D eigenvalue weighted by Gasteiger charge is -2.03. The molecule has 1 aromatic carbocycles. The smallest absolute Gasteiger partial charge is 0.212 e. The zero-order valence-electron chi connectivity index (χ0n) is 11.6. The molecule has 0 aliphatic heterocycles. The summed E-state index contributed by atoms with van der Waals surface area (Å²) < 4.78 is 1.82. The maximum atomic E-state index is 5.83. The summed E-state index contributed by atoms with van der Waals surface area (Å²) in [5.74, 6) is 0. The van der Waals surface area contributed by atoms with Crippen LogP contribution in [0.5, 0.6) is 0 Å². The van der Waals surface area contributed by atoms with Gasteiger partial charge in [-0.3, -0.25) is 0 Å². The highest BCUT2D eigenvalue weighted by atomic mass is 35.5. The van der Waals surface area contributed by atoms with E-state index in [4.69, 9.17) is 5.73 Å². The minimum Gasteiger partial charge on any atom is -0.322 e. The molecule has 0 aliphatic carbocycles. The van der Waals surface area contributed by atoms with Gasteiger partial charge in [-0.15, -0.1) is 12.4 Å². The van der Waals surface area contributed by atoms with E-state index in [2.05, 4.69) is 42.1 Å². The van der Waals surface area contributed by atoms with E-state index in [1.165, 1.54) is 11.1 Å². The van der Waals surface area contributed by atoms with E-state index in [1.54, 1.807) is 11.3 Å². The second-order valence-corrected chi connectivity index (χ2v) is 5.89. The number of hydrogen-bond donors (Lipinski definition) is 1. The molecule has 3 rings (SSSR count). The number of nitrogens with zero attached hydrogens (tertiary/aromatic N) is 3. The molecule has 0 amide bonds. The Morgan fingerprint density at radius 3 is 2.65 bits per heavy atom. The summed E-state index contributed by atoms with van der Waals surface area (Å²) in [4.78, 5) is 5.53. The van der Waals surface area contributed by atoms with Gasteiger partial charge in [0.1, 0.15) is 5.01 Å². The number of hydrogen-bond acceptors (Lipinski definition) is 4. The molecule has 2 heterocycles. The van der Waals surface area contributed by atoms with Crippen LogP contribution >= 0.6 is 23.7 Å². The lowest BCUT2D eigenvalue weighted by Crippen LogP contribution is -2.04. The molecule has 4 nitrogen and oxygen atoms in total. The molecule has 0 fully saturated rings. The zero-order chi connectivity index (χ0) is 13.6. The highest BCUT2D eigenvalue weighted by molar-refractivity contribution is 7.16. The van der Waals surface area contributed by atoms with Crippen molar-refractivity contribution in [3.63, 3.8) is 0 Å². The Morgan fingerprint density at radius 2 is 2.05 bits per heavy atom. The second kappa shape index (κ2) is 5.52. The average molecular weight is 309 g/mol. The van der Waals surface area contributed by atoms with Crippen molar-refractivity contribution < 1.29 is 0 Å². The first-order valence-corrected chi connectivity index (χ1v) is 7.05. The van der Waals surface area contributed by atoms with Crippen molar-refractivity contribution in [1.82, 2.24) is 14.6 Å². The SMILES string of the molecule is Cc1ccc(-c2cn3nc(C(C)N)sc3n2)c(C)c1.Cl. The molecule has 6 heteroatoms. The topological polar surface area (TPSA) is 56.2 Å². The Labute approximate surface area is 128 Å². The van der Waals surface area contributed by atoms with Gasteiger partial charge in [-0.05, 0) is 26.3 Å². The van der Waals surface area contributed by atoms with E-state index in [1.807, 2.05) is 17.6 Å². The molecule has 0 aliphatic rings. The molecule has 2 N–H and O–H groups in total. The molecule has 1 atom stereocenters. The first-order valence-electron chi connectivity index (χ1n) is 6.24. The van der Waals surface area contributed by atoms with Crippen molar-refractivity contribution in [3.8, 4) is 11.3 Å². The Kier molecular flexibility index (Phi) is 4.13. The molecule has 2 aromatic heterocycles. The van der Waals surface area contributed by atoms with E-state index in [9.17, 15) is 0 Å². The molecular formula is C14H17ClN4S. The van der Waals surface area contributed by atoms with Gasteiger partial charge >= 0.3 is 0 Å². The van der Waals surface area contributed by atoms with Crippen LogP contribution in [-0.2, 0) is 0 Å². The van der Waals surface area contributed by atoms with Crippen molar-refractivity contribution in [2.24, 2.45) is 5.73 Å². The third-order valence-electron chi connectivity index (χ3n) is 3.11. The molecule has 0 saturated carbocycles. The van der Waals surface area contributed by atoms with Gasteiger partial charge in [0.15, 0.2) is 0 Å². The monoisotopic (exact) mass is 308 g/mol. The fourth-order valence-corrected chi connectivity index (χ4v) is 2.96. The van der Waals surface area contributed by atoms with E-state index >= 15 is 0 Å². The van der Waals surface area contributed by atoms with Gasteiger partial charge < -0.3 is 5.73 Å². The number of aryl methyl sites for hydroxylation is 2. The van der Waals surface area contributed by atoms with Gasteiger partial charge in [0.25, 0.3) is 0 Å². The van der Waals surface area contributed by atoms with E-state index < -0.39 is 0 Å². The van der Waals surface area contributed by atoms with Crippen LogP contribution in [0.3, 0.4) is 0 Å². The molecule has 0 spiro atoms. The Balaban J connectivity index is 0.00000147. The highest BCUT2D eigenvalue weighted by Crippen LogP contribution is 2.26. The van der Waals surface area contributed by atoms with Crippen molar-refractivity contribution in [2.45, 2.75) is 26.8 Å². The zero-order valence-corrected chi connectivity index (χ0v) is 13.3. The lowest BCUT2D eigenvalue weighted by molar-refractivity contribution is 0.769. The molecular weight excluding hydrogens is 292 g/mol. The van der Waals surface area contributed by atoms with Gasteiger partial charge in [0.2, 0.25) is 4.96 Å². The summed E-state index contributed by atoms with van der Waals surface area (Å²) in [6.07, 6.45) is 1.97. The minimum atomic E-state index is -0.0451. The number of imidazole rings is 1. The minimum absolute atomic E-state index is 0. The summed E-state index contributed by atoms with van der Waals surface area (Å²) in [6, 6.07) is 6.35. The third-order valence-corrected chi connectivity index (χ3v) is 4.23. The van der Waals surface area contributed by atoms with Gasteiger partial charge in [0, 0.05) is 5.56 Å². The van der Waals surface area contributed by atoms with Crippen LogP contribution in [0.15, 0.2) is 24.4 Å². The lowest BCUT2D eigenvalue weighted by atomic mass is 10.0. The molecule has 3 aromatic rings. The van der Waals surface area contributed by atoms with Gasteiger partial charge in [0.05, 0.1) is 17.9 Å². The summed E-state index contributed by atoms with van der Waals surface area (Å²) in [6.45, 7) is 6.14. The Morgan fingerprint density at radius 1 is 1.30 bits per heavy atom.